The van der Waals surface area contributed by atoms with E-state index in [9.17, 15) is 9.59 Å². The molecule has 0 atom stereocenters. The number of piperazine rings is 1. The molecular formula is C26H54Br2N4O2. The van der Waals surface area contributed by atoms with Gasteiger partial charge in [0, 0.05) is 49.7 Å². The molecule has 0 radical (unpaired) electrons. The predicted molar refractivity (Wildman–Crippen MR) is 155 cm³/mol. The summed E-state index contributed by atoms with van der Waals surface area (Å²) >= 11 is 6.85. The molecule has 0 aromatic carbocycles. The highest BCUT2D eigenvalue weighted by Gasteiger charge is 1.96. The summed E-state index contributed by atoms with van der Waals surface area (Å²) in [6.45, 7) is 4.56. The number of carbonyl (C=O) groups is 2. The summed E-state index contributed by atoms with van der Waals surface area (Å²) in [5.74, 6) is -0.329. The number of amides is 2. The number of unbranched alkanes of at least 4 members (excludes halogenated alkanes) is 14. The first-order valence-electron chi connectivity index (χ1n) is 13.6. The van der Waals surface area contributed by atoms with Crippen LogP contribution >= 0.6 is 31.9 Å². The van der Waals surface area contributed by atoms with Gasteiger partial charge in [-0.15, -0.1) is 0 Å². The third-order valence-electron chi connectivity index (χ3n) is 5.57. The van der Waals surface area contributed by atoms with E-state index in [1.807, 2.05) is 0 Å². The Hall–Kier alpha value is -0.180. The smallest absolute Gasteiger partial charge is 0.217 e. The third-order valence-corrected chi connectivity index (χ3v) is 6.69. The van der Waals surface area contributed by atoms with Crippen LogP contribution in [0.1, 0.15) is 116 Å². The lowest BCUT2D eigenvalue weighted by molar-refractivity contribution is -0.119. The average Bonchev–Trinajstić information content (AvgIpc) is 2.83. The first-order chi connectivity index (χ1) is 16.5. The van der Waals surface area contributed by atoms with Gasteiger partial charge in [-0.25, -0.2) is 0 Å². The van der Waals surface area contributed by atoms with Gasteiger partial charge in [0.1, 0.15) is 0 Å². The molecule has 1 aliphatic heterocycles. The van der Waals surface area contributed by atoms with Gasteiger partial charge in [0.2, 0.25) is 11.8 Å². The van der Waals surface area contributed by atoms with Crippen molar-refractivity contribution < 1.29 is 9.59 Å². The number of hydrogen-bond donors (Lipinski definition) is 4. The van der Waals surface area contributed by atoms with Crippen LogP contribution in [0.15, 0.2) is 0 Å². The van der Waals surface area contributed by atoms with Crippen molar-refractivity contribution in [1.29, 1.82) is 0 Å². The van der Waals surface area contributed by atoms with Crippen LogP contribution in [-0.4, -0.2) is 48.7 Å². The van der Waals surface area contributed by atoms with Crippen molar-refractivity contribution in [3.63, 3.8) is 0 Å². The Bertz CT molecular complexity index is 382. The van der Waals surface area contributed by atoms with Crippen LogP contribution in [0.5, 0.6) is 0 Å². The van der Waals surface area contributed by atoms with Gasteiger partial charge in [0.15, 0.2) is 0 Å². The monoisotopic (exact) mass is 612 g/mol. The lowest BCUT2D eigenvalue weighted by atomic mass is 10.1. The van der Waals surface area contributed by atoms with E-state index in [0.717, 1.165) is 62.5 Å². The molecule has 1 heterocycles. The topological polar surface area (TPSA) is 110 Å². The van der Waals surface area contributed by atoms with Gasteiger partial charge in [-0.1, -0.05) is 109 Å². The van der Waals surface area contributed by atoms with Gasteiger partial charge < -0.3 is 22.1 Å². The van der Waals surface area contributed by atoms with Crippen molar-refractivity contribution in [2.45, 2.75) is 116 Å². The summed E-state index contributed by atoms with van der Waals surface area (Å²) in [6.07, 6.45) is 21.1. The Morgan fingerprint density at radius 2 is 0.706 bits per heavy atom. The molecule has 1 saturated heterocycles. The largest absolute Gasteiger partial charge is 0.370 e. The van der Waals surface area contributed by atoms with Crippen LogP contribution in [0.2, 0.25) is 0 Å². The molecule has 1 rings (SSSR count). The molecule has 6 nitrogen and oxygen atoms in total. The number of primary amides is 2. The van der Waals surface area contributed by atoms with Crippen LogP contribution in [-0.2, 0) is 9.59 Å². The summed E-state index contributed by atoms with van der Waals surface area (Å²) in [6, 6.07) is 0. The first kappa shape index (κ1) is 36.0. The van der Waals surface area contributed by atoms with Crippen LogP contribution in [0.4, 0.5) is 0 Å². The minimum Gasteiger partial charge on any atom is -0.370 e. The molecule has 204 valence electrons. The second-order valence-corrected chi connectivity index (χ2v) is 10.6. The van der Waals surface area contributed by atoms with Crippen LogP contribution < -0.4 is 22.1 Å². The summed E-state index contributed by atoms with van der Waals surface area (Å²) in [7, 11) is 0. The number of hydrogen-bond acceptors (Lipinski definition) is 4. The van der Waals surface area contributed by atoms with Crippen molar-refractivity contribution >= 4 is 43.7 Å². The van der Waals surface area contributed by atoms with Crippen LogP contribution in [0.25, 0.3) is 0 Å². The maximum absolute atomic E-state index is 10.4. The normalized spacial score (nSPS) is 12.8. The number of carbonyl (C=O) groups excluding carboxylic acids is 2. The van der Waals surface area contributed by atoms with E-state index in [-0.39, 0.29) is 11.8 Å². The Kier molecular flexibility index (Phi) is 34.7. The Balaban J connectivity index is 0. The Morgan fingerprint density at radius 1 is 0.471 bits per heavy atom. The molecule has 1 fully saturated rings. The molecule has 0 aromatic heterocycles. The molecule has 2 amide bonds. The van der Waals surface area contributed by atoms with Gasteiger partial charge in [0.05, 0.1) is 0 Å². The third kappa shape index (κ3) is 39.1. The fourth-order valence-electron chi connectivity index (χ4n) is 3.51. The lowest BCUT2D eigenvalue weighted by Crippen LogP contribution is -2.39. The predicted octanol–water partition coefficient (Wildman–Crippen LogP) is 5.93. The number of halogens is 2. The second kappa shape index (κ2) is 32.8. The quantitative estimate of drug-likeness (QED) is 0.101. The van der Waals surface area contributed by atoms with E-state index < -0.39 is 0 Å². The molecule has 0 bridgehead atoms. The van der Waals surface area contributed by atoms with Gasteiger partial charge >= 0.3 is 0 Å². The highest BCUT2D eigenvalue weighted by molar-refractivity contribution is 9.09. The van der Waals surface area contributed by atoms with Crippen molar-refractivity contribution in [1.82, 2.24) is 10.6 Å². The average molecular weight is 615 g/mol. The minimum absolute atomic E-state index is 0.165. The maximum atomic E-state index is 10.4. The highest BCUT2D eigenvalue weighted by atomic mass is 79.9. The standard InChI is InChI=1S/2C11H22BrNO.C4H10N2/c2*12-10-8-6-4-2-1-3-5-7-9-11(13)14;1-2-6-4-3-5-1/h2*1-10H2,(H2,13,14);5-6H,1-4H2. The number of alkyl halides is 2. The Morgan fingerprint density at radius 3 is 0.912 bits per heavy atom. The molecular weight excluding hydrogens is 560 g/mol. The first-order valence-corrected chi connectivity index (χ1v) is 15.9. The van der Waals surface area contributed by atoms with Crippen molar-refractivity contribution in [2.24, 2.45) is 11.5 Å². The van der Waals surface area contributed by atoms with Crippen molar-refractivity contribution in [3.8, 4) is 0 Å². The Labute approximate surface area is 227 Å². The zero-order chi connectivity index (χ0) is 25.5. The summed E-state index contributed by atoms with van der Waals surface area (Å²) < 4.78 is 0. The van der Waals surface area contributed by atoms with Gasteiger partial charge in [-0.05, 0) is 25.7 Å². The summed E-state index contributed by atoms with van der Waals surface area (Å²) in [5, 5.41) is 8.71. The van der Waals surface area contributed by atoms with Crippen molar-refractivity contribution in [3.05, 3.63) is 0 Å². The SMILES string of the molecule is C1CNCCN1.NC(=O)CCCCCCCCCCBr.NC(=O)CCCCCCCCCCBr. The fraction of sp³-hybridized carbons (Fsp3) is 0.923. The van der Waals surface area contributed by atoms with Gasteiger partial charge in [-0.3, -0.25) is 9.59 Å². The van der Waals surface area contributed by atoms with E-state index in [0.29, 0.717) is 12.8 Å². The van der Waals surface area contributed by atoms with Gasteiger partial charge in [-0.2, -0.15) is 0 Å². The lowest BCUT2D eigenvalue weighted by Gasteiger charge is -2.11. The molecule has 6 N–H and O–H groups in total. The fourth-order valence-corrected chi connectivity index (χ4v) is 4.31. The zero-order valence-corrected chi connectivity index (χ0v) is 24.9. The molecule has 1 aliphatic rings. The minimum atomic E-state index is -0.165. The maximum Gasteiger partial charge on any atom is 0.217 e. The molecule has 34 heavy (non-hydrogen) atoms. The molecule has 0 saturated carbocycles. The van der Waals surface area contributed by atoms with E-state index in [4.69, 9.17) is 11.5 Å². The molecule has 0 spiro atoms. The van der Waals surface area contributed by atoms with E-state index >= 15 is 0 Å². The second-order valence-electron chi connectivity index (χ2n) is 8.97. The van der Waals surface area contributed by atoms with Gasteiger partial charge in [0.25, 0.3) is 0 Å². The zero-order valence-electron chi connectivity index (χ0n) is 21.7. The summed E-state index contributed by atoms with van der Waals surface area (Å²) in [4.78, 5) is 20.8. The molecule has 0 unspecified atom stereocenters. The molecule has 0 aromatic rings. The molecule has 8 heteroatoms. The van der Waals surface area contributed by atoms with E-state index in [1.165, 1.54) is 77.0 Å². The number of nitrogens with one attached hydrogen (secondary N) is 2. The number of rotatable bonds is 20. The summed E-state index contributed by atoms with van der Waals surface area (Å²) in [5.41, 5.74) is 10.1. The molecule has 0 aliphatic carbocycles. The van der Waals surface area contributed by atoms with E-state index in [1.54, 1.807) is 0 Å². The van der Waals surface area contributed by atoms with Crippen molar-refractivity contribution in [2.75, 3.05) is 36.8 Å². The highest BCUT2D eigenvalue weighted by Crippen LogP contribution is 2.11. The van der Waals surface area contributed by atoms with Crippen LogP contribution in [0.3, 0.4) is 0 Å². The van der Waals surface area contributed by atoms with Crippen LogP contribution in [0, 0.1) is 0 Å². The number of nitrogens with two attached hydrogens (primary N) is 2. The van der Waals surface area contributed by atoms with E-state index in [2.05, 4.69) is 42.5 Å².